The van der Waals surface area contributed by atoms with E-state index in [9.17, 15) is 38.7 Å². The third-order valence-corrected chi connectivity index (χ3v) is 11.3. The first-order chi connectivity index (χ1) is 23.7. The average Bonchev–Trinajstić information content (AvgIpc) is 3.36. The molecule has 0 aromatic heterocycles. The van der Waals surface area contributed by atoms with E-state index in [1.54, 1.807) is 45.9 Å². The van der Waals surface area contributed by atoms with Crippen LogP contribution in [0.1, 0.15) is 85.0 Å². The van der Waals surface area contributed by atoms with Crippen LogP contribution in [-0.2, 0) is 57.2 Å². The number of rotatable bonds is 8. The van der Waals surface area contributed by atoms with Gasteiger partial charge in [0.25, 0.3) is 0 Å². The van der Waals surface area contributed by atoms with Gasteiger partial charge in [0, 0.05) is 57.8 Å². The van der Waals surface area contributed by atoms with Gasteiger partial charge in [-0.2, -0.15) is 0 Å². The molecule has 2 unspecified atom stereocenters. The molecular formula is C37H46O14. The number of hydrogen-bond acceptors (Lipinski definition) is 14. The van der Waals surface area contributed by atoms with Crippen molar-refractivity contribution in [2.75, 3.05) is 6.61 Å². The molecule has 1 aromatic carbocycles. The zero-order chi connectivity index (χ0) is 37.8. The molecule has 4 fully saturated rings. The number of benzene rings is 1. The number of esters is 6. The third kappa shape index (κ3) is 6.51. The molecule has 5 rings (SSSR count). The van der Waals surface area contributed by atoms with Gasteiger partial charge in [0.05, 0.1) is 16.9 Å². The van der Waals surface area contributed by atoms with Crippen LogP contribution in [0.4, 0.5) is 0 Å². The molecule has 0 heterocycles. The van der Waals surface area contributed by atoms with Gasteiger partial charge in [-0.15, -0.1) is 0 Å². The molecule has 278 valence electrons. The summed E-state index contributed by atoms with van der Waals surface area (Å²) in [5, 5.41) is 13.2. The van der Waals surface area contributed by atoms with Gasteiger partial charge in [-0.25, -0.2) is 9.59 Å². The molecule has 11 atom stereocenters. The summed E-state index contributed by atoms with van der Waals surface area (Å²) >= 11 is 0. The van der Waals surface area contributed by atoms with Gasteiger partial charge < -0.3 is 33.5 Å². The number of fused-ring (bicyclic) bond motifs is 5. The van der Waals surface area contributed by atoms with E-state index in [0.717, 1.165) is 20.8 Å². The first kappa shape index (κ1) is 37.9. The van der Waals surface area contributed by atoms with Crippen molar-refractivity contribution in [3.05, 3.63) is 35.9 Å². The van der Waals surface area contributed by atoms with Crippen LogP contribution in [0.15, 0.2) is 30.3 Å². The van der Waals surface area contributed by atoms with Crippen LogP contribution in [0.3, 0.4) is 0 Å². The highest BCUT2D eigenvalue weighted by molar-refractivity contribution is 5.91. The van der Waals surface area contributed by atoms with Crippen molar-refractivity contribution in [1.82, 2.24) is 0 Å². The predicted molar refractivity (Wildman–Crippen MR) is 173 cm³/mol. The highest BCUT2D eigenvalue weighted by atomic mass is 16.6. The summed E-state index contributed by atoms with van der Waals surface area (Å²) in [6, 6.07) is 8.08. The van der Waals surface area contributed by atoms with Crippen LogP contribution in [0.2, 0.25) is 0 Å². The van der Waals surface area contributed by atoms with Gasteiger partial charge in [0.15, 0.2) is 18.3 Å². The van der Waals surface area contributed by atoms with Crippen molar-refractivity contribution < 1.29 is 67.1 Å². The zero-order valence-corrected chi connectivity index (χ0v) is 30.1. The topological polar surface area (TPSA) is 195 Å². The number of Topliss-reactive ketones (excluding diaryl/α,β-unsaturated/α-hetero) is 1. The highest BCUT2D eigenvalue weighted by Crippen LogP contribution is 2.68. The molecule has 0 aliphatic heterocycles. The second kappa shape index (κ2) is 13.3. The van der Waals surface area contributed by atoms with Gasteiger partial charge in [0.1, 0.15) is 29.7 Å². The van der Waals surface area contributed by atoms with Crippen molar-refractivity contribution >= 4 is 41.6 Å². The van der Waals surface area contributed by atoms with Gasteiger partial charge >= 0.3 is 35.8 Å². The Kier molecular flexibility index (Phi) is 9.91. The standard InChI is InChI=1S/C37H46O14/c1-18-14-37(45)27(28(18)50-32(44)23-12-10-9-11-13-23)31(49-25(42)16-46-19(2)38)36(51-22(5)41)15-24-26(35(8,17-36)33(37)48-21(4)40)30(47-20(3)39)34(6,7)29(24)43/h9-13,18,24,26-28,30-31,33,45H,14-17H2,1-8H3/t18-,24+,26+,27+,28-,30-,31+,33+,35?,36?,37+/m0/s1. The lowest BCUT2D eigenvalue weighted by molar-refractivity contribution is -0.225. The largest absolute Gasteiger partial charge is 0.461 e. The molecule has 14 heteroatoms. The SMILES string of the molecule is CC(=O)OCC(=O)O[C@@H]1[C@H]2[C@@H](OC(=O)c3ccccc3)[C@@H](C)C[C@]2(O)[C@H](OC(C)=O)C2(C)CC1(OC(C)=O)C[C@H]1C(=O)C(C)(C)[C@@H](OC(C)=O)[C@@H]12. The van der Waals surface area contributed by atoms with Crippen molar-refractivity contribution in [2.24, 2.45) is 34.5 Å². The van der Waals surface area contributed by atoms with Crippen molar-refractivity contribution in [2.45, 2.75) is 110 Å². The Labute approximate surface area is 295 Å². The normalized spacial score (nSPS) is 37.5. The van der Waals surface area contributed by atoms with E-state index in [1.807, 2.05) is 0 Å². The van der Waals surface area contributed by atoms with Crippen LogP contribution >= 0.6 is 0 Å². The Morgan fingerprint density at radius 2 is 1.41 bits per heavy atom. The minimum atomic E-state index is -2.15. The lowest BCUT2D eigenvalue weighted by Crippen LogP contribution is -2.62. The molecule has 0 spiro atoms. The van der Waals surface area contributed by atoms with E-state index in [2.05, 4.69) is 0 Å². The number of ketones is 1. The lowest BCUT2D eigenvalue weighted by Gasteiger charge is -2.54. The maximum atomic E-state index is 14.4. The quantitative estimate of drug-likeness (QED) is 0.305. The molecule has 14 nitrogen and oxygen atoms in total. The predicted octanol–water partition coefficient (Wildman–Crippen LogP) is 2.89. The lowest BCUT2D eigenvalue weighted by atomic mass is 9.55. The second-order valence-corrected chi connectivity index (χ2v) is 15.4. The summed E-state index contributed by atoms with van der Waals surface area (Å²) in [6.45, 7) is 10.4. The number of ether oxygens (including phenoxy) is 6. The van der Waals surface area contributed by atoms with Crippen LogP contribution in [0, 0.1) is 34.5 Å². The van der Waals surface area contributed by atoms with Crippen LogP contribution in [-0.4, -0.2) is 88.9 Å². The zero-order valence-electron chi connectivity index (χ0n) is 30.1. The molecule has 4 aliphatic carbocycles. The Balaban J connectivity index is 1.79. The van der Waals surface area contributed by atoms with E-state index in [4.69, 9.17) is 28.4 Å². The minimum Gasteiger partial charge on any atom is -0.461 e. The molecular weight excluding hydrogens is 668 g/mol. The van der Waals surface area contributed by atoms with Crippen LogP contribution in [0.25, 0.3) is 0 Å². The molecule has 1 N–H and O–H groups in total. The smallest absolute Gasteiger partial charge is 0.344 e. The minimum absolute atomic E-state index is 0.154. The van der Waals surface area contributed by atoms with Gasteiger partial charge in [0.2, 0.25) is 0 Å². The van der Waals surface area contributed by atoms with Crippen LogP contribution in [0.5, 0.6) is 0 Å². The highest BCUT2D eigenvalue weighted by Gasteiger charge is 2.79. The fourth-order valence-corrected chi connectivity index (χ4v) is 9.87. The molecule has 0 radical (unpaired) electrons. The number of carbonyl (C=O) groups excluding carboxylic acids is 7. The van der Waals surface area contributed by atoms with Crippen LogP contribution < -0.4 is 0 Å². The maximum absolute atomic E-state index is 14.4. The second-order valence-electron chi connectivity index (χ2n) is 15.4. The Morgan fingerprint density at radius 3 is 1.98 bits per heavy atom. The van der Waals surface area contributed by atoms with E-state index >= 15 is 0 Å². The van der Waals surface area contributed by atoms with Crippen molar-refractivity contribution in [3.63, 3.8) is 0 Å². The molecule has 4 saturated carbocycles. The van der Waals surface area contributed by atoms with Gasteiger partial charge in [-0.1, -0.05) is 32.0 Å². The third-order valence-electron chi connectivity index (χ3n) is 11.3. The fourth-order valence-electron chi connectivity index (χ4n) is 9.87. The summed E-state index contributed by atoms with van der Waals surface area (Å²) in [7, 11) is 0. The van der Waals surface area contributed by atoms with E-state index in [0.29, 0.717) is 0 Å². The molecule has 4 aliphatic rings. The number of hydrogen-bond donors (Lipinski definition) is 1. The van der Waals surface area contributed by atoms with E-state index in [-0.39, 0.29) is 30.6 Å². The van der Waals surface area contributed by atoms with E-state index in [1.165, 1.54) is 19.1 Å². The first-order valence-electron chi connectivity index (χ1n) is 17.1. The Morgan fingerprint density at radius 1 is 0.784 bits per heavy atom. The first-order valence-corrected chi connectivity index (χ1v) is 17.1. The van der Waals surface area contributed by atoms with Gasteiger partial charge in [-0.05, 0) is 38.3 Å². The molecule has 2 bridgehead atoms. The summed E-state index contributed by atoms with van der Waals surface area (Å²) in [6.07, 6.45) is -6.03. The summed E-state index contributed by atoms with van der Waals surface area (Å²) in [4.78, 5) is 91.8. The summed E-state index contributed by atoms with van der Waals surface area (Å²) in [5.41, 5.74) is -6.61. The number of carbonyl (C=O) groups is 7. The summed E-state index contributed by atoms with van der Waals surface area (Å²) in [5.74, 6) is -9.15. The van der Waals surface area contributed by atoms with Gasteiger partial charge in [-0.3, -0.25) is 24.0 Å². The number of aliphatic hydroxyl groups is 1. The van der Waals surface area contributed by atoms with Crippen molar-refractivity contribution in [3.8, 4) is 0 Å². The molecule has 51 heavy (non-hydrogen) atoms. The molecule has 0 saturated heterocycles. The van der Waals surface area contributed by atoms with E-state index < -0.39 is 113 Å². The maximum Gasteiger partial charge on any atom is 0.344 e. The molecule has 1 aromatic rings. The Hall–Kier alpha value is -4.33. The fraction of sp³-hybridized carbons (Fsp3) is 0.649. The van der Waals surface area contributed by atoms with Crippen molar-refractivity contribution in [1.29, 1.82) is 0 Å². The average molecular weight is 715 g/mol. The molecule has 0 amide bonds. The summed E-state index contributed by atoms with van der Waals surface area (Å²) < 4.78 is 35.3. The monoisotopic (exact) mass is 714 g/mol. The Bertz CT molecular complexity index is 1620.